The standard InChI is InChI=1S/C24H24F4N6O2.C2HF3O2/c25-16-2-1-3-18(10-16)34(23(35)24(28)6-8-33(9-7-24)19-12-29-13-19)14-17-5-4-15(11-30-17)21-31-32-22(36-21)20(26)27;3-2(4,5)1(6)7/h1-5,10-11,19-20,29H,6-9,12-14H2;(H,6,7). The lowest BCUT2D eigenvalue weighted by Crippen LogP contribution is -2.61. The van der Waals surface area contributed by atoms with Gasteiger partial charge in [-0.05, 0) is 30.3 Å². The lowest BCUT2D eigenvalue weighted by Gasteiger charge is -2.44. The number of pyridine rings is 1. The average molecular weight is 619 g/mol. The molecule has 4 heterocycles. The molecule has 1 aromatic carbocycles. The number of nitrogens with one attached hydrogen (secondary N) is 1. The summed E-state index contributed by atoms with van der Waals surface area (Å²) in [7, 11) is 0. The van der Waals surface area contributed by atoms with Crippen molar-refractivity contribution in [3.63, 3.8) is 0 Å². The van der Waals surface area contributed by atoms with Crippen molar-refractivity contribution in [1.29, 1.82) is 0 Å². The highest BCUT2D eigenvalue weighted by Crippen LogP contribution is 2.33. The fourth-order valence-corrected chi connectivity index (χ4v) is 4.40. The zero-order chi connectivity index (χ0) is 31.4. The maximum Gasteiger partial charge on any atom is 0.490 e. The van der Waals surface area contributed by atoms with Gasteiger partial charge in [0.1, 0.15) is 5.82 Å². The van der Waals surface area contributed by atoms with Gasteiger partial charge in [0.05, 0.1) is 17.8 Å². The molecular weight excluding hydrogens is 593 g/mol. The number of halogens is 7. The highest BCUT2D eigenvalue weighted by molar-refractivity contribution is 5.99. The van der Waals surface area contributed by atoms with Crippen LogP contribution in [0.5, 0.6) is 0 Å². The van der Waals surface area contributed by atoms with Gasteiger partial charge in [0.25, 0.3) is 11.8 Å². The lowest BCUT2D eigenvalue weighted by molar-refractivity contribution is -0.192. The second-order valence-electron chi connectivity index (χ2n) is 9.77. The Kier molecular flexibility index (Phi) is 9.64. The molecule has 0 unspecified atom stereocenters. The van der Waals surface area contributed by atoms with Gasteiger partial charge in [0.15, 0.2) is 5.67 Å². The van der Waals surface area contributed by atoms with Crippen LogP contribution in [0.25, 0.3) is 11.5 Å². The number of aromatic nitrogens is 3. The summed E-state index contributed by atoms with van der Waals surface area (Å²) in [6.07, 6.45) is -6.55. The van der Waals surface area contributed by atoms with Crippen molar-refractivity contribution in [2.24, 2.45) is 0 Å². The Balaban J connectivity index is 0.000000541. The molecule has 0 atom stereocenters. The number of carboxylic acids is 1. The summed E-state index contributed by atoms with van der Waals surface area (Å²) < 4.78 is 92.1. The van der Waals surface area contributed by atoms with Crippen LogP contribution in [0.15, 0.2) is 47.0 Å². The van der Waals surface area contributed by atoms with Crippen molar-refractivity contribution in [1.82, 2.24) is 25.4 Å². The number of likely N-dealkylation sites (tertiary alicyclic amines) is 1. The quantitative estimate of drug-likeness (QED) is 0.376. The molecule has 0 saturated carbocycles. The van der Waals surface area contributed by atoms with Crippen LogP contribution in [0.3, 0.4) is 0 Å². The minimum Gasteiger partial charge on any atom is -0.475 e. The van der Waals surface area contributed by atoms with Gasteiger partial charge in [-0.2, -0.15) is 22.0 Å². The smallest absolute Gasteiger partial charge is 0.475 e. The number of hydrogen-bond acceptors (Lipinski definition) is 8. The lowest BCUT2D eigenvalue weighted by atomic mass is 9.90. The van der Waals surface area contributed by atoms with Crippen LogP contribution >= 0.6 is 0 Å². The molecule has 2 saturated heterocycles. The minimum absolute atomic E-state index is 0.0458. The molecule has 2 aliphatic heterocycles. The largest absolute Gasteiger partial charge is 0.490 e. The molecule has 0 aliphatic carbocycles. The Morgan fingerprint density at radius 3 is 2.30 bits per heavy atom. The molecule has 0 radical (unpaired) electrons. The zero-order valence-corrected chi connectivity index (χ0v) is 22.2. The molecule has 10 nitrogen and oxygen atoms in total. The minimum atomic E-state index is -5.08. The first kappa shape index (κ1) is 31.8. The summed E-state index contributed by atoms with van der Waals surface area (Å²) in [6.45, 7) is 2.53. The van der Waals surface area contributed by atoms with Gasteiger partial charge >= 0.3 is 18.6 Å². The van der Waals surface area contributed by atoms with Crippen LogP contribution in [0, 0.1) is 5.82 Å². The highest BCUT2D eigenvalue weighted by atomic mass is 19.4. The number of anilines is 1. The van der Waals surface area contributed by atoms with Crippen LogP contribution in [0.4, 0.5) is 36.4 Å². The van der Waals surface area contributed by atoms with E-state index >= 15 is 4.39 Å². The fraction of sp³-hybridized carbons (Fsp3) is 0.423. The van der Waals surface area contributed by atoms with E-state index in [0.717, 1.165) is 13.1 Å². The summed E-state index contributed by atoms with van der Waals surface area (Å²) in [6, 6.07) is 8.84. The Morgan fingerprint density at radius 2 is 1.81 bits per heavy atom. The molecule has 43 heavy (non-hydrogen) atoms. The second kappa shape index (κ2) is 13.0. The number of amides is 1. The van der Waals surface area contributed by atoms with Gasteiger partial charge in [-0.25, -0.2) is 13.6 Å². The number of alkyl halides is 6. The number of nitrogens with zero attached hydrogens (tertiary/aromatic N) is 5. The van der Waals surface area contributed by atoms with Gasteiger partial charge in [-0.3, -0.25) is 14.7 Å². The topological polar surface area (TPSA) is 125 Å². The first-order valence-corrected chi connectivity index (χ1v) is 12.8. The third-order valence-corrected chi connectivity index (χ3v) is 6.88. The van der Waals surface area contributed by atoms with E-state index in [1.165, 1.54) is 47.5 Å². The molecule has 2 aromatic heterocycles. The molecule has 17 heteroatoms. The molecule has 0 spiro atoms. The van der Waals surface area contributed by atoms with E-state index in [9.17, 15) is 31.1 Å². The van der Waals surface area contributed by atoms with E-state index in [1.54, 1.807) is 0 Å². The number of carboxylic acid groups (broad SMARTS) is 1. The Labute approximate surface area is 239 Å². The second-order valence-corrected chi connectivity index (χ2v) is 9.77. The van der Waals surface area contributed by atoms with Gasteiger partial charge < -0.3 is 19.7 Å². The number of rotatable bonds is 7. The monoisotopic (exact) mass is 618 g/mol. The molecule has 2 N–H and O–H groups in total. The molecule has 2 fully saturated rings. The Morgan fingerprint density at radius 1 is 1.14 bits per heavy atom. The maximum atomic E-state index is 16.0. The van der Waals surface area contributed by atoms with Crippen LogP contribution in [-0.4, -0.2) is 81.1 Å². The molecule has 232 valence electrons. The zero-order valence-electron chi connectivity index (χ0n) is 22.2. The number of aliphatic carboxylic acids is 1. The Bertz CT molecular complexity index is 1410. The number of benzene rings is 1. The molecule has 2 aliphatic rings. The van der Waals surface area contributed by atoms with Gasteiger partial charge in [-0.1, -0.05) is 6.07 Å². The normalized spacial score (nSPS) is 17.1. The molecule has 0 bridgehead atoms. The van der Waals surface area contributed by atoms with Crippen molar-refractivity contribution in [2.45, 2.75) is 43.7 Å². The van der Waals surface area contributed by atoms with Crippen molar-refractivity contribution < 1.29 is 49.8 Å². The first-order valence-electron chi connectivity index (χ1n) is 12.8. The maximum absolute atomic E-state index is 16.0. The first-order chi connectivity index (χ1) is 20.3. The number of piperidine rings is 1. The van der Waals surface area contributed by atoms with Gasteiger partial charge in [0.2, 0.25) is 5.89 Å². The van der Waals surface area contributed by atoms with E-state index in [0.29, 0.717) is 30.4 Å². The highest BCUT2D eigenvalue weighted by Gasteiger charge is 2.46. The number of carbonyl (C=O) groups is 2. The summed E-state index contributed by atoms with van der Waals surface area (Å²) in [5.41, 5.74) is -1.19. The average Bonchev–Trinajstić information content (AvgIpc) is 3.43. The number of carbonyl (C=O) groups excluding carboxylic acids is 1. The van der Waals surface area contributed by atoms with Crippen LogP contribution in [0.1, 0.15) is 30.9 Å². The van der Waals surface area contributed by atoms with Gasteiger partial charge in [0, 0.05) is 56.9 Å². The summed E-state index contributed by atoms with van der Waals surface area (Å²) in [5, 5.41) is 17.2. The fourth-order valence-electron chi connectivity index (χ4n) is 4.40. The van der Waals surface area contributed by atoms with Gasteiger partial charge in [-0.15, -0.1) is 10.2 Å². The van der Waals surface area contributed by atoms with Crippen LogP contribution < -0.4 is 10.2 Å². The third kappa shape index (κ3) is 7.84. The molecular formula is C26H25F7N6O4. The molecule has 1 amide bonds. The molecule has 3 aromatic rings. The SMILES string of the molecule is O=C(N(Cc1ccc(-c2nnc(C(F)F)o2)cn1)c1cccc(F)c1)C1(F)CCN(C2CNC2)CC1.O=C(O)C(F)(F)F. The van der Waals surface area contributed by atoms with E-state index in [1.807, 2.05) is 0 Å². The van der Waals surface area contributed by atoms with E-state index in [4.69, 9.17) is 14.3 Å². The Hall–Kier alpha value is -4.12. The van der Waals surface area contributed by atoms with Crippen molar-refractivity contribution >= 4 is 17.6 Å². The molecule has 5 rings (SSSR count). The van der Waals surface area contributed by atoms with E-state index in [2.05, 4.69) is 25.4 Å². The summed E-state index contributed by atoms with van der Waals surface area (Å²) in [4.78, 5) is 30.1. The summed E-state index contributed by atoms with van der Waals surface area (Å²) >= 11 is 0. The third-order valence-electron chi connectivity index (χ3n) is 6.88. The van der Waals surface area contributed by atoms with E-state index in [-0.39, 0.29) is 31.0 Å². The van der Waals surface area contributed by atoms with Crippen molar-refractivity contribution in [3.05, 3.63) is 60.0 Å². The van der Waals surface area contributed by atoms with Crippen molar-refractivity contribution in [2.75, 3.05) is 31.1 Å². The summed E-state index contributed by atoms with van der Waals surface area (Å²) in [5.74, 6) is -4.99. The number of hydrogen-bond donors (Lipinski definition) is 2. The predicted octanol–water partition coefficient (Wildman–Crippen LogP) is 4.15. The van der Waals surface area contributed by atoms with E-state index < -0.39 is 41.9 Å². The van der Waals surface area contributed by atoms with Crippen molar-refractivity contribution in [3.8, 4) is 11.5 Å². The van der Waals surface area contributed by atoms with Crippen LogP contribution in [0.2, 0.25) is 0 Å². The van der Waals surface area contributed by atoms with Crippen LogP contribution in [-0.2, 0) is 16.1 Å². The predicted molar refractivity (Wildman–Crippen MR) is 135 cm³/mol.